The number of methoxy groups -OCH3 is 2. The third kappa shape index (κ3) is 4.62. The van der Waals surface area contributed by atoms with Crippen molar-refractivity contribution in [3.05, 3.63) is 92.0 Å². The Kier molecular flexibility index (Phi) is 7.54. The molecule has 232 valence electrons. The molecule has 0 aromatic rings. The second-order valence-corrected chi connectivity index (χ2v) is 11.9. The largest absolute Gasteiger partial charge is 0.515 e. The molecule has 8 bridgehead atoms. The number of nitrogens with one attached hydrogen (secondary N) is 1. The lowest BCUT2D eigenvalue weighted by Gasteiger charge is -2.19. The van der Waals surface area contributed by atoms with Gasteiger partial charge in [0.25, 0.3) is 0 Å². The van der Waals surface area contributed by atoms with Crippen LogP contribution in [0.1, 0.15) is 53.9 Å². The number of ether oxygens (including phenoxy) is 2. The van der Waals surface area contributed by atoms with Gasteiger partial charge in [-0.05, 0) is 74.1 Å². The maximum atomic E-state index is 14.0. The Labute approximate surface area is 261 Å². The van der Waals surface area contributed by atoms with E-state index in [1.165, 1.54) is 14.2 Å². The van der Waals surface area contributed by atoms with Gasteiger partial charge in [0.1, 0.15) is 5.92 Å². The lowest BCUT2D eigenvalue weighted by Crippen LogP contribution is -2.26. The summed E-state index contributed by atoms with van der Waals surface area (Å²) >= 11 is 0. The predicted molar refractivity (Wildman–Crippen MR) is 170 cm³/mol. The Morgan fingerprint density at radius 2 is 1.69 bits per heavy atom. The van der Waals surface area contributed by atoms with Crippen molar-refractivity contribution in [3.8, 4) is 0 Å². The first-order chi connectivity index (χ1) is 21.5. The van der Waals surface area contributed by atoms with Gasteiger partial charge in [0, 0.05) is 46.4 Å². The zero-order valence-electron chi connectivity index (χ0n) is 26.5. The van der Waals surface area contributed by atoms with Gasteiger partial charge in [0.15, 0.2) is 5.78 Å². The van der Waals surface area contributed by atoms with Gasteiger partial charge in [-0.2, -0.15) is 0 Å². The molecule has 5 heterocycles. The van der Waals surface area contributed by atoms with Gasteiger partial charge in [-0.1, -0.05) is 13.8 Å². The molecule has 0 amide bonds. The molecule has 2 N–H and O–H groups in total. The fourth-order valence-corrected chi connectivity index (χ4v) is 7.03. The Hall–Kier alpha value is -4.86. The van der Waals surface area contributed by atoms with E-state index in [0.717, 1.165) is 46.5 Å². The number of aliphatic hydroxyl groups excluding tert-OH is 1. The average molecular weight is 609 g/mol. The van der Waals surface area contributed by atoms with Gasteiger partial charge in [-0.3, -0.25) is 14.4 Å². The molecule has 5 aliphatic heterocycles. The normalized spacial score (nSPS) is 26.2. The number of carbonyl (C=O) groups is 3. The Morgan fingerprint density at radius 1 is 0.978 bits per heavy atom. The molecule has 3 atom stereocenters. The number of aliphatic imine (C=N–C) groups is 3. The first kappa shape index (κ1) is 30.2. The number of rotatable bonds is 5. The highest BCUT2D eigenvalue weighted by atomic mass is 16.5. The maximum Gasteiger partial charge on any atom is 0.321 e. The summed E-state index contributed by atoms with van der Waals surface area (Å²) in [6.45, 7) is 9.85. The van der Waals surface area contributed by atoms with Crippen molar-refractivity contribution < 1.29 is 29.0 Å². The third-order valence-electron chi connectivity index (χ3n) is 9.65. The number of ketones is 1. The monoisotopic (exact) mass is 608 g/mol. The van der Waals surface area contributed by atoms with Crippen LogP contribution in [0.4, 0.5) is 0 Å². The summed E-state index contributed by atoms with van der Waals surface area (Å²) in [6, 6.07) is 0. The van der Waals surface area contributed by atoms with Crippen molar-refractivity contribution >= 4 is 34.9 Å². The molecular formula is C35H36N4O6. The van der Waals surface area contributed by atoms with Crippen molar-refractivity contribution in [2.45, 2.75) is 53.9 Å². The number of esters is 2. The summed E-state index contributed by atoms with van der Waals surface area (Å²) in [7, 11) is 2.62. The molecule has 6 rings (SSSR count). The summed E-state index contributed by atoms with van der Waals surface area (Å²) < 4.78 is 10.1. The molecule has 2 fully saturated rings. The van der Waals surface area contributed by atoms with E-state index in [4.69, 9.17) is 24.5 Å². The van der Waals surface area contributed by atoms with Gasteiger partial charge in [0.2, 0.25) is 0 Å². The molecule has 45 heavy (non-hydrogen) atoms. The van der Waals surface area contributed by atoms with Crippen LogP contribution in [-0.2, 0) is 23.9 Å². The van der Waals surface area contributed by atoms with Crippen molar-refractivity contribution in [2.24, 2.45) is 32.7 Å². The predicted octanol–water partition coefficient (Wildman–Crippen LogP) is 5.21. The maximum absolute atomic E-state index is 14.0. The molecule has 1 saturated carbocycles. The van der Waals surface area contributed by atoms with E-state index in [9.17, 15) is 19.5 Å². The number of aliphatic hydroxyl groups is 1. The van der Waals surface area contributed by atoms with Crippen LogP contribution in [0, 0.1) is 17.8 Å². The van der Waals surface area contributed by atoms with Crippen molar-refractivity contribution in [1.29, 1.82) is 0 Å². The Morgan fingerprint density at radius 3 is 2.36 bits per heavy atom. The summed E-state index contributed by atoms with van der Waals surface area (Å²) in [6.07, 6.45) is 8.06. The highest BCUT2D eigenvalue weighted by Gasteiger charge is 2.51. The van der Waals surface area contributed by atoms with Gasteiger partial charge < -0.3 is 19.9 Å². The lowest BCUT2D eigenvalue weighted by molar-refractivity contribution is -0.146. The van der Waals surface area contributed by atoms with Crippen LogP contribution in [0.2, 0.25) is 0 Å². The van der Waals surface area contributed by atoms with Crippen molar-refractivity contribution in [2.75, 3.05) is 14.2 Å². The van der Waals surface area contributed by atoms with Crippen molar-refractivity contribution in [3.63, 3.8) is 0 Å². The van der Waals surface area contributed by atoms with E-state index in [1.54, 1.807) is 0 Å². The number of allylic oxidation sites excluding steroid dienone is 11. The molecule has 10 nitrogen and oxygen atoms in total. The minimum Gasteiger partial charge on any atom is -0.515 e. The molecular weight excluding hydrogens is 572 g/mol. The smallest absolute Gasteiger partial charge is 0.321 e. The molecule has 0 spiro atoms. The molecule has 0 aromatic carbocycles. The van der Waals surface area contributed by atoms with Gasteiger partial charge in [-0.15, -0.1) is 0 Å². The first-order valence-electron chi connectivity index (χ1n) is 15.1. The zero-order valence-corrected chi connectivity index (χ0v) is 26.5. The molecule has 0 radical (unpaired) electrons. The summed E-state index contributed by atoms with van der Waals surface area (Å²) in [4.78, 5) is 54.4. The number of carbonyl (C=O) groups excluding carboxylic acids is 3. The van der Waals surface area contributed by atoms with Crippen LogP contribution in [0.15, 0.2) is 107 Å². The number of nitrogens with zero attached hydrogens (tertiary/aromatic N) is 3. The zero-order chi connectivity index (χ0) is 32.3. The molecule has 10 heteroatoms. The van der Waals surface area contributed by atoms with Crippen LogP contribution in [0.25, 0.3) is 0 Å². The number of hydrogen-bond acceptors (Lipinski definition) is 10. The van der Waals surface area contributed by atoms with Crippen molar-refractivity contribution in [1.82, 2.24) is 5.32 Å². The van der Waals surface area contributed by atoms with E-state index in [1.807, 2.05) is 45.9 Å². The second-order valence-electron chi connectivity index (χ2n) is 11.9. The fraction of sp³-hybridized carbons (Fsp3) is 0.371. The van der Waals surface area contributed by atoms with Crippen LogP contribution >= 0.6 is 0 Å². The fourth-order valence-electron chi connectivity index (χ4n) is 7.03. The lowest BCUT2D eigenvalue weighted by atomic mass is 9.85. The summed E-state index contributed by atoms with van der Waals surface area (Å²) in [5.74, 6) is -2.99. The second kappa shape index (κ2) is 11.3. The van der Waals surface area contributed by atoms with Crippen LogP contribution in [0.5, 0.6) is 0 Å². The van der Waals surface area contributed by atoms with Gasteiger partial charge >= 0.3 is 11.9 Å². The molecule has 1 unspecified atom stereocenters. The number of Topliss-reactive ketones (excluding diaryl/α,β-unsaturated/α-hetero) is 1. The van der Waals surface area contributed by atoms with Crippen LogP contribution in [0.3, 0.4) is 0 Å². The van der Waals surface area contributed by atoms with Gasteiger partial charge in [0.05, 0.1) is 54.7 Å². The summed E-state index contributed by atoms with van der Waals surface area (Å²) in [5.41, 5.74) is 10.2. The number of fused-ring (bicyclic) bond motifs is 5. The molecule has 0 aromatic heterocycles. The quantitative estimate of drug-likeness (QED) is 0.248. The Balaban J connectivity index is 1.66. The number of hydrogen-bond donors (Lipinski definition) is 2. The minimum atomic E-state index is -1.19. The molecule has 1 saturated heterocycles. The Bertz CT molecular complexity index is 1830. The standard InChI is InChI=1S/C35H36N4O6/c1-8-19-15(2)23-12-27-21(14-40)17(4)22(37-27)11-24-16(3)20(9-10-28(41)44-6)32(38-24)30-31(35(43)45-7)34(42)29-18(5)25(39-33(29)30)13-26(19)36-23/h11-14,16,20,31,38,40H,8-10H2,1-7H3/b21-14-,23-12?,24-11?,25-13?,32-30?/t16-,20-,31?/m0/s1. The SMILES string of the molecule is CCC1=C(C)C2=CC3=NC(=C(C)/C3=C/O)C=C3NC(=C4C5=NC(=CC1=N2)C(C)=C5C(=O)C4C(=O)OC)[C@@H](CCC(=O)OC)[C@@H]3C. The third-order valence-corrected chi connectivity index (χ3v) is 9.65. The summed E-state index contributed by atoms with van der Waals surface area (Å²) in [5, 5.41) is 13.8. The van der Waals surface area contributed by atoms with E-state index >= 15 is 0 Å². The van der Waals surface area contributed by atoms with Crippen LogP contribution in [-0.4, -0.2) is 54.2 Å². The van der Waals surface area contributed by atoms with Gasteiger partial charge in [-0.25, -0.2) is 15.0 Å². The molecule has 1 aliphatic carbocycles. The van der Waals surface area contributed by atoms with E-state index in [0.29, 0.717) is 57.2 Å². The van der Waals surface area contributed by atoms with E-state index in [2.05, 4.69) is 12.2 Å². The molecule has 6 aliphatic rings. The van der Waals surface area contributed by atoms with E-state index < -0.39 is 11.9 Å². The first-order valence-corrected chi connectivity index (χ1v) is 15.1. The van der Waals surface area contributed by atoms with Crippen LogP contribution < -0.4 is 5.32 Å². The highest BCUT2D eigenvalue weighted by Crippen LogP contribution is 2.47. The minimum absolute atomic E-state index is 0.147. The average Bonchev–Trinajstić information content (AvgIpc) is 3.76. The highest BCUT2D eigenvalue weighted by molar-refractivity contribution is 6.42. The topological polar surface area (TPSA) is 139 Å². The van der Waals surface area contributed by atoms with E-state index in [-0.39, 0.29) is 30.0 Å².